The van der Waals surface area contributed by atoms with Gasteiger partial charge in [-0.15, -0.1) is 0 Å². The van der Waals surface area contributed by atoms with E-state index < -0.39 is 0 Å². The SMILES string of the molecule is CC/C(=C(/CC)c1ccc(O)cc1)c1ccc(O)cc1.c1ccc(-c2ccccc2)cc1. The van der Waals surface area contributed by atoms with Gasteiger partial charge in [0.2, 0.25) is 0 Å². The van der Waals surface area contributed by atoms with E-state index in [0.717, 1.165) is 24.0 Å². The highest BCUT2D eigenvalue weighted by Gasteiger charge is 2.09. The summed E-state index contributed by atoms with van der Waals surface area (Å²) in [6.07, 6.45) is 1.85. The van der Waals surface area contributed by atoms with Gasteiger partial charge in [0.05, 0.1) is 0 Å². The first-order valence-corrected chi connectivity index (χ1v) is 11.0. The molecule has 32 heavy (non-hydrogen) atoms. The first-order valence-electron chi connectivity index (χ1n) is 11.0. The first kappa shape index (κ1) is 22.9. The fourth-order valence-electron chi connectivity index (χ4n) is 3.77. The maximum Gasteiger partial charge on any atom is 0.115 e. The van der Waals surface area contributed by atoms with Crippen molar-refractivity contribution in [1.29, 1.82) is 0 Å². The Morgan fingerprint density at radius 2 is 0.781 bits per heavy atom. The zero-order valence-electron chi connectivity index (χ0n) is 18.7. The van der Waals surface area contributed by atoms with Crippen molar-refractivity contribution in [2.45, 2.75) is 26.7 Å². The lowest BCUT2D eigenvalue weighted by Gasteiger charge is -2.14. The average Bonchev–Trinajstić information content (AvgIpc) is 2.85. The van der Waals surface area contributed by atoms with Gasteiger partial charge in [0, 0.05) is 0 Å². The van der Waals surface area contributed by atoms with Crippen molar-refractivity contribution in [2.24, 2.45) is 0 Å². The van der Waals surface area contributed by atoms with E-state index in [-0.39, 0.29) is 11.5 Å². The molecule has 0 atom stereocenters. The minimum Gasteiger partial charge on any atom is -0.508 e. The summed E-state index contributed by atoms with van der Waals surface area (Å²) < 4.78 is 0. The lowest BCUT2D eigenvalue weighted by molar-refractivity contribution is 0.474. The third-order valence-electron chi connectivity index (χ3n) is 5.38. The largest absolute Gasteiger partial charge is 0.508 e. The normalized spacial score (nSPS) is 11.2. The second kappa shape index (κ2) is 11.6. The van der Waals surface area contributed by atoms with Gasteiger partial charge < -0.3 is 10.2 Å². The molecule has 0 bridgehead atoms. The Labute approximate surface area is 191 Å². The van der Waals surface area contributed by atoms with Crippen molar-refractivity contribution < 1.29 is 10.2 Å². The van der Waals surface area contributed by atoms with Gasteiger partial charge in [-0.3, -0.25) is 0 Å². The molecular weight excluding hydrogens is 392 g/mol. The predicted octanol–water partition coefficient (Wildman–Crippen LogP) is 8.18. The molecule has 0 amide bonds. The Bertz CT molecular complexity index is 1020. The Kier molecular flexibility index (Phi) is 8.28. The molecule has 0 unspecified atom stereocenters. The van der Waals surface area contributed by atoms with Gasteiger partial charge in [-0.25, -0.2) is 0 Å². The molecule has 2 N–H and O–H groups in total. The van der Waals surface area contributed by atoms with Crippen LogP contribution in [0.2, 0.25) is 0 Å². The number of phenolic OH excluding ortho intramolecular Hbond substituents is 2. The van der Waals surface area contributed by atoms with Crippen LogP contribution in [0, 0.1) is 0 Å². The molecule has 0 saturated heterocycles. The fraction of sp³-hybridized carbons (Fsp3) is 0.133. The van der Waals surface area contributed by atoms with E-state index in [9.17, 15) is 10.2 Å². The van der Waals surface area contributed by atoms with E-state index in [0.29, 0.717) is 0 Å². The molecule has 0 saturated carbocycles. The Morgan fingerprint density at radius 1 is 0.469 bits per heavy atom. The first-order chi connectivity index (χ1) is 15.6. The van der Waals surface area contributed by atoms with Crippen molar-refractivity contribution in [3.63, 3.8) is 0 Å². The van der Waals surface area contributed by atoms with Crippen molar-refractivity contribution in [3.8, 4) is 22.6 Å². The van der Waals surface area contributed by atoms with Crippen molar-refractivity contribution in [1.82, 2.24) is 0 Å². The topological polar surface area (TPSA) is 40.5 Å². The zero-order chi connectivity index (χ0) is 22.8. The lowest BCUT2D eigenvalue weighted by atomic mass is 9.91. The molecule has 2 heteroatoms. The van der Waals surface area contributed by atoms with E-state index in [1.165, 1.54) is 22.3 Å². The summed E-state index contributed by atoms with van der Waals surface area (Å²) in [5.74, 6) is 0.568. The number of hydrogen-bond acceptors (Lipinski definition) is 2. The monoisotopic (exact) mass is 422 g/mol. The van der Waals surface area contributed by atoms with Gasteiger partial charge in [-0.2, -0.15) is 0 Å². The predicted molar refractivity (Wildman–Crippen MR) is 135 cm³/mol. The average molecular weight is 423 g/mol. The molecule has 0 aromatic heterocycles. The van der Waals surface area contributed by atoms with E-state index in [2.05, 4.69) is 62.4 Å². The van der Waals surface area contributed by atoms with E-state index in [4.69, 9.17) is 0 Å². The highest BCUT2D eigenvalue weighted by molar-refractivity contribution is 5.90. The number of benzene rings is 4. The molecule has 0 aliphatic rings. The molecule has 0 fully saturated rings. The molecule has 0 aliphatic heterocycles. The summed E-state index contributed by atoms with van der Waals surface area (Å²) in [6, 6.07) is 35.4. The molecule has 0 radical (unpaired) electrons. The summed E-state index contributed by atoms with van der Waals surface area (Å²) in [6.45, 7) is 4.27. The number of rotatable bonds is 5. The molecule has 0 heterocycles. The third-order valence-corrected chi connectivity index (χ3v) is 5.38. The number of aromatic hydroxyl groups is 2. The van der Waals surface area contributed by atoms with Crippen LogP contribution in [0.25, 0.3) is 22.3 Å². The fourth-order valence-corrected chi connectivity index (χ4v) is 3.77. The maximum atomic E-state index is 9.41. The van der Waals surface area contributed by atoms with Gasteiger partial charge in [0.1, 0.15) is 11.5 Å². The molecule has 162 valence electrons. The van der Waals surface area contributed by atoms with Crippen LogP contribution in [0.5, 0.6) is 11.5 Å². The van der Waals surface area contributed by atoms with E-state index in [1.807, 2.05) is 36.4 Å². The summed E-state index contributed by atoms with van der Waals surface area (Å²) in [5.41, 5.74) is 7.37. The molecule has 4 aromatic rings. The van der Waals surface area contributed by atoms with Crippen LogP contribution in [0.3, 0.4) is 0 Å². The highest BCUT2D eigenvalue weighted by Crippen LogP contribution is 2.32. The highest BCUT2D eigenvalue weighted by atomic mass is 16.3. The van der Waals surface area contributed by atoms with Crippen molar-refractivity contribution >= 4 is 11.1 Å². The quantitative estimate of drug-likeness (QED) is 0.318. The smallest absolute Gasteiger partial charge is 0.115 e. The third kappa shape index (κ3) is 6.12. The summed E-state index contributed by atoms with van der Waals surface area (Å²) in [4.78, 5) is 0. The van der Waals surface area contributed by atoms with Crippen LogP contribution in [0.15, 0.2) is 109 Å². The van der Waals surface area contributed by atoms with Gasteiger partial charge in [-0.1, -0.05) is 98.8 Å². The minimum absolute atomic E-state index is 0.284. The Morgan fingerprint density at radius 3 is 1.06 bits per heavy atom. The minimum atomic E-state index is 0.284. The molecule has 2 nitrogen and oxygen atoms in total. The van der Waals surface area contributed by atoms with Crippen molar-refractivity contribution in [3.05, 3.63) is 120 Å². The number of allylic oxidation sites excluding steroid dienone is 2. The van der Waals surface area contributed by atoms with Gasteiger partial charge >= 0.3 is 0 Å². The van der Waals surface area contributed by atoms with Crippen molar-refractivity contribution in [2.75, 3.05) is 0 Å². The lowest BCUT2D eigenvalue weighted by Crippen LogP contribution is -1.91. The summed E-state index contributed by atoms with van der Waals surface area (Å²) in [5, 5.41) is 18.8. The number of phenols is 2. The van der Waals surface area contributed by atoms with Crippen LogP contribution in [0.1, 0.15) is 37.8 Å². The molecule has 4 rings (SSSR count). The molecule has 4 aromatic carbocycles. The van der Waals surface area contributed by atoms with E-state index in [1.54, 1.807) is 24.3 Å². The number of hydrogen-bond donors (Lipinski definition) is 2. The van der Waals surface area contributed by atoms with E-state index >= 15 is 0 Å². The van der Waals surface area contributed by atoms with Crippen LogP contribution in [-0.4, -0.2) is 10.2 Å². The van der Waals surface area contributed by atoms with Crippen LogP contribution in [0.4, 0.5) is 0 Å². The zero-order valence-corrected chi connectivity index (χ0v) is 18.7. The standard InChI is InChI=1S/C18H20O2.C12H10/c1-3-17(13-5-9-15(19)10-6-13)18(4-2)14-7-11-16(20)12-8-14;1-3-7-11(8-4-1)12-9-5-2-6-10-12/h5-12,19-20H,3-4H2,1-2H3;1-10H/b18-17+;. The molecule has 0 spiro atoms. The van der Waals surface area contributed by atoms with Gasteiger partial charge in [0.25, 0.3) is 0 Å². The Balaban J connectivity index is 0.000000204. The van der Waals surface area contributed by atoms with Gasteiger partial charge in [-0.05, 0) is 70.5 Å². The second-order valence-corrected chi connectivity index (χ2v) is 7.49. The molecular formula is C30H30O2. The second-order valence-electron chi connectivity index (χ2n) is 7.49. The summed E-state index contributed by atoms with van der Waals surface area (Å²) >= 11 is 0. The van der Waals surface area contributed by atoms with Crippen LogP contribution in [-0.2, 0) is 0 Å². The van der Waals surface area contributed by atoms with Gasteiger partial charge in [0.15, 0.2) is 0 Å². The Hall–Kier alpha value is -3.78. The van der Waals surface area contributed by atoms with Crippen LogP contribution >= 0.6 is 0 Å². The van der Waals surface area contributed by atoms with Crippen LogP contribution < -0.4 is 0 Å². The summed E-state index contributed by atoms with van der Waals surface area (Å²) in [7, 11) is 0. The maximum absolute atomic E-state index is 9.41. The molecule has 0 aliphatic carbocycles.